The summed E-state index contributed by atoms with van der Waals surface area (Å²) in [7, 11) is 3.44. The van der Waals surface area contributed by atoms with Crippen molar-refractivity contribution in [2.24, 2.45) is 24.8 Å². The summed E-state index contributed by atoms with van der Waals surface area (Å²) in [5, 5.41) is 0. The number of rotatable bonds is 5. The summed E-state index contributed by atoms with van der Waals surface area (Å²) in [5.74, 6) is 1.98. The molecule has 33 heavy (non-hydrogen) atoms. The van der Waals surface area contributed by atoms with Crippen molar-refractivity contribution in [3.63, 3.8) is 0 Å². The van der Waals surface area contributed by atoms with Crippen LogP contribution in [-0.2, 0) is 23.2 Å². The van der Waals surface area contributed by atoms with Crippen LogP contribution < -0.4 is 10.4 Å². The zero-order valence-corrected chi connectivity index (χ0v) is 19.7. The minimum atomic E-state index is -0.00457. The Morgan fingerprint density at radius 1 is 0.879 bits per heavy atom. The second kappa shape index (κ2) is 8.88. The highest BCUT2D eigenvalue weighted by Gasteiger charge is 2.36. The quantitative estimate of drug-likeness (QED) is 0.694. The molecule has 1 aromatic heterocycles. The van der Waals surface area contributed by atoms with Crippen LogP contribution >= 0.6 is 0 Å². The van der Waals surface area contributed by atoms with Crippen molar-refractivity contribution in [3.05, 3.63) is 28.7 Å². The predicted octanol–water partition coefficient (Wildman–Crippen LogP) is 2.24. The summed E-state index contributed by atoms with van der Waals surface area (Å²) in [5.41, 5.74) is 1.80. The van der Waals surface area contributed by atoms with Gasteiger partial charge in [-0.3, -0.25) is 18.7 Å². The molecule has 1 aromatic carbocycles. The monoisotopic (exact) mass is 454 g/mol. The van der Waals surface area contributed by atoms with Crippen LogP contribution in [0.15, 0.2) is 23.0 Å². The van der Waals surface area contributed by atoms with Gasteiger partial charge in [0.15, 0.2) is 0 Å². The normalized spacial score (nSPS) is 23.7. The average molecular weight is 455 g/mol. The van der Waals surface area contributed by atoms with Crippen molar-refractivity contribution in [2.45, 2.75) is 45.1 Å². The summed E-state index contributed by atoms with van der Waals surface area (Å²) in [6.07, 6.45) is 5.69. The number of nitrogens with zero attached hydrogens (tertiary/aromatic N) is 4. The lowest BCUT2D eigenvalue weighted by Gasteiger charge is -2.38. The maximum absolute atomic E-state index is 13.1. The van der Waals surface area contributed by atoms with Crippen molar-refractivity contribution in [2.75, 3.05) is 33.3 Å². The molecule has 0 radical (unpaired) electrons. The Kier molecular flexibility index (Phi) is 5.93. The molecular formula is C25H34N4O4. The van der Waals surface area contributed by atoms with Crippen LogP contribution in [-0.4, -0.2) is 64.0 Å². The summed E-state index contributed by atoms with van der Waals surface area (Å²) >= 11 is 0. The Hall–Kier alpha value is -2.77. The second-order valence-corrected chi connectivity index (χ2v) is 9.95. The molecule has 3 fully saturated rings. The number of imidazole rings is 1. The van der Waals surface area contributed by atoms with Crippen LogP contribution in [0.5, 0.6) is 5.75 Å². The van der Waals surface area contributed by atoms with Crippen LogP contribution in [0.25, 0.3) is 11.0 Å². The molecule has 2 aromatic rings. The zero-order chi connectivity index (χ0) is 23.1. The van der Waals surface area contributed by atoms with Gasteiger partial charge in [-0.15, -0.1) is 0 Å². The van der Waals surface area contributed by atoms with Gasteiger partial charge in [0.25, 0.3) is 0 Å². The van der Waals surface area contributed by atoms with E-state index in [4.69, 9.17) is 4.74 Å². The van der Waals surface area contributed by atoms with E-state index in [1.54, 1.807) is 18.7 Å². The fraction of sp³-hybridized carbons (Fsp3) is 0.640. The number of amides is 2. The topological polar surface area (TPSA) is 76.8 Å². The van der Waals surface area contributed by atoms with E-state index in [0.717, 1.165) is 55.3 Å². The molecule has 3 aliphatic rings. The maximum Gasteiger partial charge on any atom is 0.328 e. The van der Waals surface area contributed by atoms with E-state index in [1.807, 2.05) is 32.6 Å². The lowest BCUT2D eigenvalue weighted by molar-refractivity contribution is -0.143. The van der Waals surface area contributed by atoms with Gasteiger partial charge >= 0.3 is 5.69 Å². The first-order valence-corrected chi connectivity index (χ1v) is 12.3. The third-order valence-corrected chi connectivity index (χ3v) is 7.82. The van der Waals surface area contributed by atoms with Gasteiger partial charge in [-0.25, -0.2) is 4.79 Å². The first-order valence-electron chi connectivity index (χ1n) is 12.3. The molecule has 0 spiro atoms. The number of fused-ring (bicyclic) bond motifs is 1. The molecule has 2 saturated carbocycles. The largest absolute Gasteiger partial charge is 0.497 e. The number of carbonyl (C=O) groups excluding carboxylic acids is 2. The van der Waals surface area contributed by atoms with Crippen LogP contribution in [0.3, 0.4) is 0 Å². The van der Waals surface area contributed by atoms with Gasteiger partial charge in [-0.2, -0.15) is 0 Å². The highest BCUT2D eigenvalue weighted by molar-refractivity contribution is 5.82. The van der Waals surface area contributed by atoms with Crippen LogP contribution in [0.1, 0.15) is 38.5 Å². The van der Waals surface area contributed by atoms with Gasteiger partial charge < -0.3 is 14.5 Å². The lowest BCUT2D eigenvalue weighted by atomic mass is 9.81. The molecular weight excluding hydrogens is 420 g/mol. The summed E-state index contributed by atoms with van der Waals surface area (Å²) < 4.78 is 8.91. The fourth-order valence-electron chi connectivity index (χ4n) is 5.54. The second-order valence-electron chi connectivity index (χ2n) is 9.95. The molecule has 178 valence electrons. The standard InChI is InChI=1S/C25H34N4O4/c1-26-21-10-9-20(33-2)15-22(21)29(25(26)32)16-17-3-5-18(6-4-17)23(30)27-11-13-28(14-12-27)24(31)19-7-8-19/h9-10,15,17-19H,3-8,11-14,16H2,1-2H3/t17-,18-. The number of benzene rings is 1. The molecule has 2 heterocycles. The van der Waals surface area contributed by atoms with Gasteiger partial charge in [0, 0.05) is 57.7 Å². The molecule has 0 unspecified atom stereocenters. The van der Waals surface area contributed by atoms with Crippen LogP contribution in [0.4, 0.5) is 0 Å². The Balaban J connectivity index is 1.17. The average Bonchev–Trinajstić information content (AvgIpc) is 3.68. The molecule has 1 saturated heterocycles. The van der Waals surface area contributed by atoms with E-state index in [2.05, 4.69) is 0 Å². The molecule has 0 N–H and O–H groups in total. The van der Waals surface area contributed by atoms with E-state index in [0.29, 0.717) is 38.6 Å². The van der Waals surface area contributed by atoms with Crippen LogP contribution in [0.2, 0.25) is 0 Å². The molecule has 8 nitrogen and oxygen atoms in total. The minimum Gasteiger partial charge on any atom is -0.497 e. The third-order valence-electron chi connectivity index (χ3n) is 7.82. The number of piperazine rings is 1. The van der Waals surface area contributed by atoms with Crippen molar-refractivity contribution < 1.29 is 14.3 Å². The lowest BCUT2D eigenvalue weighted by Crippen LogP contribution is -2.52. The highest BCUT2D eigenvalue weighted by Crippen LogP contribution is 2.33. The van der Waals surface area contributed by atoms with E-state index in [1.165, 1.54) is 0 Å². The number of ether oxygens (including phenoxy) is 1. The zero-order valence-electron chi connectivity index (χ0n) is 19.7. The Morgan fingerprint density at radius 2 is 1.42 bits per heavy atom. The summed E-state index contributed by atoms with van der Waals surface area (Å²) in [6.45, 7) is 3.33. The molecule has 0 bridgehead atoms. The first kappa shape index (κ1) is 22.0. The Bertz CT molecular complexity index is 1100. The molecule has 5 rings (SSSR count). The molecule has 1 aliphatic heterocycles. The van der Waals surface area contributed by atoms with Gasteiger partial charge in [-0.1, -0.05) is 0 Å². The first-order chi connectivity index (χ1) is 16.0. The molecule has 0 atom stereocenters. The van der Waals surface area contributed by atoms with E-state index in [9.17, 15) is 14.4 Å². The molecule has 2 amide bonds. The van der Waals surface area contributed by atoms with Gasteiger partial charge in [0.2, 0.25) is 11.8 Å². The van der Waals surface area contributed by atoms with Gasteiger partial charge in [0.05, 0.1) is 18.1 Å². The number of aromatic nitrogens is 2. The number of hydrogen-bond donors (Lipinski definition) is 0. The van der Waals surface area contributed by atoms with E-state index >= 15 is 0 Å². The number of methoxy groups -OCH3 is 1. The van der Waals surface area contributed by atoms with Crippen molar-refractivity contribution in [3.8, 4) is 5.75 Å². The van der Waals surface area contributed by atoms with E-state index in [-0.39, 0.29) is 29.3 Å². The molecule has 8 heteroatoms. The number of hydrogen-bond acceptors (Lipinski definition) is 4. The van der Waals surface area contributed by atoms with Crippen molar-refractivity contribution in [1.29, 1.82) is 0 Å². The molecule has 2 aliphatic carbocycles. The Labute approximate surface area is 194 Å². The smallest absolute Gasteiger partial charge is 0.328 e. The highest BCUT2D eigenvalue weighted by atomic mass is 16.5. The van der Waals surface area contributed by atoms with Crippen molar-refractivity contribution in [1.82, 2.24) is 18.9 Å². The summed E-state index contributed by atoms with van der Waals surface area (Å²) in [6, 6.07) is 5.74. The summed E-state index contributed by atoms with van der Waals surface area (Å²) in [4.78, 5) is 42.1. The Morgan fingerprint density at radius 3 is 1.94 bits per heavy atom. The number of aryl methyl sites for hydroxylation is 1. The maximum atomic E-state index is 13.1. The third kappa shape index (κ3) is 4.27. The van der Waals surface area contributed by atoms with Gasteiger partial charge in [-0.05, 0) is 56.6 Å². The van der Waals surface area contributed by atoms with Crippen LogP contribution in [0, 0.1) is 17.8 Å². The predicted molar refractivity (Wildman–Crippen MR) is 125 cm³/mol. The fourth-order valence-corrected chi connectivity index (χ4v) is 5.54. The van der Waals surface area contributed by atoms with Crippen molar-refractivity contribution >= 4 is 22.8 Å². The SMILES string of the molecule is COc1ccc2c(c1)n(C[C@H]1CC[C@H](C(=O)N3CCN(C(=O)C4CC4)CC3)CC1)c(=O)n2C. The van der Waals surface area contributed by atoms with Gasteiger partial charge in [0.1, 0.15) is 5.75 Å². The van der Waals surface area contributed by atoms with E-state index < -0.39 is 0 Å². The minimum absolute atomic E-state index is 0.00457. The number of carbonyl (C=O) groups is 2.